The zero-order chi connectivity index (χ0) is 17.8. The molecule has 132 valence electrons. The van der Waals surface area contributed by atoms with E-state index in [4.69, 9.17) is 16.4 Å². The number of hydrogen-bond donors (Lipinski definition) is 0. The van der Waals surface area contributed by atoms with Gasteiger partial charge in [0, 0.05) is 29.4 Å². The second kappa shape index (κ2) is 7.75. The lowest BCUT2D eigenvalue weighted by Gasteiger charge is -2.29. The first kappa shape index (κ1) is 16.9. The van der Waals surface area contributed by atoms with Crippen LogP contribution in [-0.2, 0) is 11.3 Å². The first-order chi connectivity index (χ1) is 12.8. The zero-order valence-electron chi connectivity index (χ0n) is 14.3. The molecule has 0 saturated heterocycles. The lowest BCUT2D eigenvalue weighted by molar-refractivity contribution is 0.0280. The second-order valence-electron chi connectivity index (χ2n) is 6.50. The maximum Gasteiger partial charge on any atom is 0.130 e. The fraction of sp³-hybridized carbons (Fsp3) is 0.238. The number of benzene rings is 2. The molecule has 3 aromatic rings. The summed E-state index contributed by atoms with van der Waals surface area (Å²) in [5, 5.41) is 5.20. The summed E-state index contributed by atoms with van der Waals surface area (Å²) in [5.41, 5.74) is 3.26. The summed E-state index contributed by atoms with van der Waals surface area (Å²) >= 11 is 6.02. The van der Waals surface area contributed by atoms with Gasteiger partial charge < -0.3 is 9.40 Å². The zero-order valence-corrected chi connectivity index (χ0v) is 15.1. The van der Waals surface area contributed by atoms with Gasteiger partial charge >= 0.3 is 0 Å². The van der Waals surface area contributed by atoms with Gasteiger partial charge in [-0.15, -0.1) is 0 Å². The topological polar surface area (TPSA) is 39.4 Å². The number of rotatable bonds is 5. The van der Waals surface area contributed by atoms with Gasteiger partial charge in [0.1, 0.15) is 11.8 Å². The average molecular weight is 366 g/mol. The summed E-state index contributed by atoms with van der Waals surface area (Å²) in [4.78, 5) is 10.1. The van der Waals surface area contributed by atoms with Crippen LogP contribution in [0.3, 0.4) is 0 Å². The third kappa shape index (κ3) is 3.81. The minimum absolute atomic E-state index is 0.0821. The first-order valence-electron chi connectivity index (χ1n) is 8.80. The molecule has 2 atom stereocenters. The Morgan fingerprint density at radius 1 is 1.08 bits per heavy atom. The van der Waals surface area contributed by atoms with E-state index in [0.717, 1.165) is 30.5 Å². The summed E-state index contributed by atoms with van der Waals surface area (Å²) < 4.78 is 2.10. The Labute approximate surface area is 158 Å². The lowest BCUT2D eigenvalue weighted by Crippen LogP contribution is -2.30. The number of hydrogen-bond acceptors (Lipinski definition) is 3. The molecular formula is C21H20ClN3O. The predicted octanol–water partition coefficient (Wildman–Crippen LogP) is 4.90. The van der Waals surface area contributed by atoms with Crippen molar-refractivity contribution in [3.63, 3.8) is 0 Å². The fourth-order valence-corrected chi connectivity index (χ4v) is 3.45. The smallest absolute Gasteiger partial charge is 0.130 e. The number of aryl methyl sites for hydroxylation is 1. The van der Waals surface area contributed by atoms with E-state index in [9.17, 15) is 0 Å². The molecule has 5 heteroatoms. The number of imidazole rings is 1. The van der Waals surface area contributed by atoms with Crippen molar-refractivity contribution in [2.75, 3.05) is 0 Å². The summed E-state index contributed by atoms with van der Waals surface area (Å²) in [6.07, 6.45) is 8.49. The van der Waals surface area contributed by atoms with Crippen LogP contribution in [0.25, 0.3) is 0 Å². The number of oxime groups is 1. The highest BCUT2D eigenvalue weighted by molar-refractivity contribution is 6.30. The molecule has 26 heavy (non-hydrogen) atoms. The van der Waals surface area contributed by atoms with Gasteiger partial charge in [-0.3, -0.25) is 0 Å². The number of nitrogens with zero attached hydrogens (tertiary/aromatic N) is 3. The van der Waals surface area contributed by atoms with Crippen LogP contribution in [-0.4, -0.2) is 21.4 Å². The Bertz CT molecular complexity index is 860. The Kier molecular flexibility index (Phi) is 5.02. The van der Waals surface area contributed by atoms with Crippen LogP contribution in [0.1, 0.15) is 30.0 Å². The minimum Gasteiger partial charge on any atom is -0.392 e. The summed E-state index contributed by atoms with van der Waals surface area (Å²) in [5.74, 6) is 0. The van der Waals surface area contributed by atoms with E-state index in [0.29, 0.717) is 5.02 Å². The van der Waals surface area contributed by atoms with Crippen molar-refractivity contribution in [1.82, 2.24) is 9.55 Å². The molecule has 0 aliphatic carbocycles. The molecule has 2 heterocycles. The molecule has 0 radical (unpaired) electrons. The second-order valence-corrected chi connectivity index (χ2v) is 6.93. The molecular weight excluding hydrogens is 346 g/mol. The molecule has 0 saturated carbocycles. The maximum atomic E-state index is 6.02. The molecule has 2 aromatic carbocycles. The molecule has 4 rings (SSSR count). The number of halogens is 1. The van der Waals surface area contributed by atoms with Crippen molar-refractivity contribution in [3.05, 3.63) is 89.5 Å². The molecule has 0 spiro atoms. The Morgan fingerprint density at radius 2 is 1.88 bits per heavy atom. The fourth-order valence-electron chi connectivity index (χ4n) is 3.32. The van der Waals surface area contributed by atoms with Crippen molar-refractivity contribution >= 4 is 17.3 Å². The van der Waals surface area contributed by atoms with Crippen LogP contribution in [0.15, 0.2) is 78.5 Å². The molecule has 1 aliphatic heterocycles. The summed E-state index contributed by atoms with van der Waals surface area (Å²) in [6, 6.07) is 18.3. The van der Waals surface area contributed by atoms with Gasteiger partial charge in [-0.1, -0.05) is 59.2 Å². The van der Waals surface area contributed by atoms with E-state index in [2.05, 4.69) is 39.0 Å². The van der Waals surface area contributed by atoms with Crippen LogP contribution in [0.5, 0.6) is 0 Å². The van der Waals surface area contributed by atoms with E-state index < -0.39 is 0 Å². The molecule has 0 amide bonds. The van der Waals surface area contributed by atoms with Crippen LogP contribution < -0.4 is 0 Å². The Morgan fingerprint density at radius 3 is 2.62 bits per heavy atom. The van der Waals surface area contributed by atoms with Crippen molar-refractivity contribution in [1.29, 1.82) is 0 Å². The van der Waals surface area contributed by atoms with E-state index >= 15 is 0 Å². The van der Waals surface area contributed by atoms with Gasteiger partial charge in [-0.2, -0.15) is 0 Å². The molecule has 2 unspecified atom stereocenters. The monoisotopic (exact) mass is 365 g/mol. The van der Waals surface area contributed by atoms with E-state index in [1.807, 2.05) is 42.9 Å². The van der Waals surface area contributed by atoms with Crippen LogP contribution in [0.4, 0.5) is 0 Å². The summed E-state index contributed by atoms with van der Waals surface area (Å²) in [6.45, 7) is 0. The SMILES string of the molecule is Clc1ccc(C2=NOC(CCc3ccccc3)CC2n2ccnc2)cc1. The Hall–Kier alpha value is -2.59. The molecule has 1 aromatic heterocycles. The van der Waals surface area contributed by atoms with Gasteiger partial charge in [-0.25, -0.2) is 4.98 Å². The van der Waals surface area contributed by atoms with Crippen molar-refractivity contribution < 1.29 is 4.84 Å². The predicted molar refractivity (Wildman–Crippen MR) is 104 cm³/mol. The van der Waals surface area contributed by atoms with E-state index in [1.165, 1.54) is 5.56 Å². The molecule has 4 nitrogen and oxygen atoms in total. The van der Waals surface area contributed by atoms with Gasteiger partial charge in [0.25, 0.3) is 0 Å². The van der Waals surface area contributed by atoms with Gasteiger partial charge in [0.2, 0.25) is 0 Å². The Balaban J connectivity index is 1.54. The quantitative estimate of drug-likeness (QED) is 0.644. The van der Waals surface area contributed by atoms with Gasteiger partial charge in [0.15, 0.2) is 0 Å². The largest absolute Gasteiger partial charge is 0.392 e. The normalized spacial score (nSPS) is 19.7. The minimum atomic E-state index is 0.0821. The van der Waals surface area contributed by atoms with Crippen LogP contribution in [0.2, 0.25) is 5.02 Å². The molecule has 0 bridgehead atoms. The van der Waals surface area contributed by atoms with Crippen molar-refractivity contribution in [2.24, 2.45) is 5.16 Å². The average Bonchev–Trinajstić information content (AvgIpc) is 3.22. The van der Waals surface area contributed by atoms with Crippen LogP contribution in [0, 0.1) is 0 Å². The van der Waals surface area contributed by atoms with Crippen molar-refractivity contribution in [2.45, 2.75) is 31.4 Å². The van der Waals surface area contributed by atoms with Crippen LogP contribution >= 0.6 is 11.6 Å². The lowest BCUT2D eigenvalue weighted by atomic mass is 9.94. The molecule has 0 fully saturated rings. The van der Waals surface area contributed by atoms with Crippen molar-refractivity contribution in [3.8, 4) is 0 Å². The third-order valence-electron chi connectivity index (χ3n) is 4.72. The molecule has 1 aliphatic rings. The van der Waals surface area contributed by atoms with Gasteiger partial charge in [-0.05, 0) is 30.5 Å². The third-order valence-corrected chi connectivity index (χ3v) is 4.98. The maximum absolute atomic E-state index is 6.02. The van der Waals surface area contributed by atoms with Gasteiger partial charge in [0.05, 0.1) is 12.4 Å². The standard InChI is InChI=1S/C21H20ClN3O/c22-18-9-7-17(8-10-18)21-20(25-13-12-23-15-25)14-19(26-24-21)11-6-16-4-2-1-3-5-16/h1-5,7-10,12-13,15,19-20H,6,11,14H2. The van der Waals surface area contributed by atoms with E-state index in [1.54, 1.807) is 6.20 Å². The number of aromatic nitrogens is 2. The molecule has 0 N–H and O–H groups in total. The summed E-state index contributed by atoms with van der Waals surface area (Å²) in [7, 11) is 0. The first-order valence-corrected chi connectivity index (χ1v) is 9.18. The highest BCUT2D eigenvalue weighted by Gasteiger charge is 2.29. The highest BCUT2D eigenvalue weighted by Crippen LogP contribution is 2.29. The highest BCUT2D eigenvalue weighted by atomic mass is 35.5. The van der Waals surface area contributed by atoms with E-state index in [-0.39, 0.29) is 12.1 Å².